The Morgan fingerprint density at radius 3 is 3.12 bits per heavy atom. The van der Waals surface area contributed by atoms with Crippen molar-refractivity contribution in [2.24, 2.45) is 5.41 Å². The minimum absolute atomic E-state index is 0.0853. The summed E-state index contributed by atoms with van der Waals surface area (Å²) in [6.07, 6.45) is 0. The lowest BCUT2D eigenvalue weighted by atomic mass is 9.84. The van der Waals surface area contributed by atoms with E-state index < -0.39 is 5.41 Å². The van der Waals surface area contributed by atoms with Gasteiger partial charge in [0.05, 0.1) is 36.0 Å². The third-order valence-corrected chi connectivity index (χ3v) is 3.53. The summed E-state index contributed by atoms with van der Waals surface area (Å²) >= 11 is 0. The number of fused-ring (bicyclic) bond motifs is 2. The summed E-state index contributed by atoms with van der Waals surface area (Å²) in [4.78, 5) is 12.1. The highest BCUT2D eigenvalue weighted by atomic mass is 19.1. The van der Waals surface area contributed by atoms with Crippen molar-refractivity contribution in [3.8, 4) is 0 Å². The Kier molecular flexibility index (Phi) is 2.13. The van der Waals surface area contributed by atoms with Crippen LogP contribution in [-0.2, 0) is 9.53 Å². The molecule has 0 saturated carbocycles. The first-order chi connectivity index (χ1) is 8.09. The number of carbonyl (C=O) groups is 1. The van der Waals surface area contributed by atoms with Crippen molar-refractivity contribution in [2.45, 2.75) is 13.0 Å². The van der Waals surface area contributed by atoms with Gasteiger partial charge in [-0.1, -0.05) is 0 Å². The molecule has 0 aliphatic carbocycles. The lowest BCUT2D eigenvalue weighted by Gasteiger charge is -2.25. The predicted molar refractivity (Wildman–Crippen MR) is 61.4 cm³/mol. The van der Waals surface area contributed by atoms with E-state index in [9.17, 15) is 9.18 Å². The first-order valence-corrected chi connectivity index (χ1v) is 5.55. The third kappa shape index (κ3) is 1.50. The van der Waals surface area contributed by atoms with Gasteiger partial charge >= 0.3 is 0 Å². The Balaban J connectivity index is 2.06. The fourth-order valence-corrected chi connectivity index (χ4v) is 2.30. The zero-order valence-electron chi connectivity index (χ0n) is 9.42. The Morgan fingerprint density at radius 2 is 2.29 bits per heavy atom. The largest absolute Gasteiger partial charge is 0.378 e. The average molecular weight is 236 g/mol. The maximum Gasteiger partial charge on any atom is 0.234 e. The fraction of sp³-hybridized carbons (Fsp3) is 0.417. The van der Waals surface area contributed by atoms with Gasteiger partial charge in [0.2, 0.25) is 5.91 Å². The molecule has 0 radical (unpaired) electrons. The van der Waals surface area contributed by atoms with Crippen molar-refractivity contribution in [1.29, 1.82) is 0 Å². The first-order valence-electron chi connectivity index (χ1n) is 5.55. The van der Waals surface area contributed by atoms with Crippen LogP contribution in [0.5, 0.6) is 0 Å². The number of rotatable bonds is 0. The molecule has 0 bridgehead atoms. The fourth-order valence-electron chi connectivity index (χ4n) is 2.30. The second-order valence-corrected chi connectivity index (χ2v) is 4.77. The van der Waals surface area contributed by atoms with E-state index in [4.69, 9.17) is 4.74 Å². The molecule has 0 aromatic heterocycles. The third-order valence-electron chi connectivity index (χ3n) is 3.53. The topological polar surface area (TPSA) is 50.4 Å². The molecule has 2 aliphatic heterocycles. The number of carbonyl (C=O) groups excluding carboxylic acids is 1. The van der Waals surface area contributed by atoms with Crippen molar-refractivity contribution in [2.75, 3.05) is 23.8 Å². The molecular formula is C12H13FN2O2. The van der Waals surface area contributed by atoms with Gasteiger partial charge in [-0.25, -0.2) is 4.39 Å². The van der Waals surface area contributed by atoms with Gasteiger partial charge < -0.3 is 15.4 Å². The summed E-state index contributed by atoms with van der Waals surface area (Å²) in [5.41, 5.74) is 0.625. The lowest BCUT2D eigenvalue weighted by Crippen LogP contribution is -2.44. The van der Waals surface area contributed by atoms with E-state index in [2.05, 4.69) is 10.6 Å². The maximum absolute atomic E-state index is 13.2. The molecule has 1 fully saturated rings. The Bertz CT molecular complexity index is 491. The molecule has 4 nitrogen and oxygen atoms in total. The molecular weight excluding hydrogens is 223 g/mol. The second-order valence-electron chi connectivity index (χ2n) is 4.77. The van der Waals surface area contributed by atoms with Crippen LogP contribution in [0, 0.1) is 11.2 Å². The van der Waals surface area contributed by atoms with Gasteiger partial charge in [0.15, 0.2) is 0 Å². The Morgan fingerprint density at radius 1 is 1.47 bits per heavy atom. The van der Waals surface area contributed by atoms with E-state index >= 15 is 0 Å². The Labute approximate surface area is 98.1 Å². The normalized spacial score (nSPS) is 30.9. The molecule has 17 heavy (non-hydrogen) atoms. The zero-order valence-corrected chi connectivity index (χ0v) is 9.42. The van der Waals surface area contributed by atoms with Gasteiger partial charge in [-0.2, -0.15) is 0 Å². The second kappa shape index (κ2) is 3.43. The van der Waals surface area contributed by atoms with Crippen molar-refractivity contribution < 1.29 is 13.9 Å². The molecule has 2 aliphatic rings. The van der Waals surface area contributed by atoms with E-state index in [1.54, 1.807) is 6.07 Å². The highest BCUT2D eigenvalue weighted by molar-refractivity contribution is 6.00. The molecule has 1 aromatic carbocycles. The number of hydrogen-bond donors (Lipinski definition) is 2. The van der Waals surface area contributed by atoms with Crippen molar-refractivity contribution in [1.82, 2.24) is 0 Å². The molecule has 2 unspecified atom stereocenters. The quantitative estimate of drug-likeness (QED) is 0.719. The highest BCUT2D eigenvalue weighted by Crippen LogP contribution is 2.37. The molecule has 1 saturated heterocycles. The SMILES string of the molecule is CC12COCC1Nc1cc(F)ccc1NC2=O. The van der Waals surface area contributed by atoms with Crippen LogP contribution < -0.4 is 10.6 Å². The molecule has 1 aromatic rings. The van der Waals surface area contributed by atoms with Crippen molar-refractivity contribution in [3.63, 3.8) is 0 Å². The molecule has 2 N–H and O–H groups in total. The summed E-state index contributed by atoms with van der Waals surface area (Å²) in [6, 6.07) is 4.17. The number of benzene rings is 1. The summed E-state index contributed by atoms with van der Waals surface area (Å²) in [6.45, 7) is 2.70. The van der Waals surface area contributed by atoms with Crippen LogP contribution in [0.1, 0.15) is 6.92 Å². The molecule has 5 heteroatoms. The van der Waals surface area contributed by atoms with Crippen LogP contribution in [0.3, 0.4) is 0 Å². The van der Waals surface area contributed by atoms with Gasteiger partial charge in [0.1, 0.15) is 5.82 Å². The van der Waals surface area contributed by atoms with Crippen LogP contribution in [0.15, 0.2) is 18.2 Å². The molecule has 2 atom stereocenters. The van der Waals surface area contributed by atoms with Crippen LogP contribution in [0.25, 0.3) is 0 Å². The predicted octanol–water partition coefficient (Wildman–Crippen LogP) is 1.59. The van der Waals surface area contributed by atoms with Gasteiger partial charge in [0.25, 0.3) is 0 Å². The van der Waals surface area contributed by atoms with Crippen LogP contribution in [0.4, 0.5) is 15.8 Å². The van der Waals surface area contributed by atoms with Crippen molar-refractivity contribution >= 4 is 17.3 Å². The zero-order chi connectivity index (χ0) is 12.0. The summed E-state index contributed by atoms with van der Waals surface area (Å²) in [7, 11) is 0. The number of halogens is 1. The molecule has 3 rings (SSSR count). The summed E-state index contributed by atoms with van der Waals surface area (Å²) < 4.78 is 18.5. The highest BCUT2D eigenvalue weighted by Gasteiger charge is 2.48. The number of ether oxygens (including phenoxy) is 1. The van der Waals surface area contributed by atoms with Crippen LogP contribution >= 0.6 is 0 Å². The molecule has 90 valence electrons. The number of nitrogens with one attached hydrogen (secondary N) is 2. The smallest absolute Gasteiger partial charge is 0.234 e. The summed E-state index contributed by atoms with van der Waals surface area (Å²) in [5, 5.41) is 6.00. The van der Waals surface area contributed by atoms with E-state index in [1.807, 2.05) is 6.92 Å². The minimum Gasteiger partial charge on any atom is -0.378 e. The van der Waals surface area contributed by atoms with E-state index in [1.165, 1.54) is 12.1 Å². The average Bonchev–Trinajstić information content (AvgIpc) is 2.61. The maximum atomic E-state index is 13.2. The van der Waals surface area contributed by atoms with E-state index in [0.717, 1.165) is 0 Å². The summed E-state index contributed by atoms with van der Waals surface area (Å²) in [5.74, 6) is -0.411. The van der Waals surface area contributed by atoms with Crippen molar-refractivity contribution in [3.05, 3.63) is 24.0 Å². The van der Waals surface area contributed by atoms with Crippen LogP contribution in [-0.4, -0.2) is 25.2 Å². The van der Waals surface area contributed by atoms with E-state index in [-0.39, 0.29) is 17.8 Å². The van der Waals surface area contributed by atoms with Gasteiger partial charge in [-0.3, -0.25) is 4.79 Å². The van der Waals surface area contributed by atoms with E-state index in [0.29, 0.717) is 24.6 Å². The minimum atomic E-state index is -0.602. The number of hydrogen-bond acceptors (Lipinski definition) is 3. The van der Waals surface area contributed by atoms with Gasteiger partial charge in [0, 0.05) is 0 Å². The molecule has 2 heterocycles. The van der Waals surface area contributed by atoms with Gasteiger partial charge in [-0.05, 0) is 25.1 Å². The van der Waals surface area contributed by atoms with Gasteiger partial charge in [-0.15, -0.1) is 0 Å². The van der Waals surface area contributed by atoms with Crippen LogP contribution in [0.2, 0.25) is 0 Å². The number of amides is 1. The first kappa shape index (κ1) is 10.5. The number of anilines is 2. The monoisotopic (exact) mass is 236 g/mol. The molecule has 1 amide bonds. The lowest BCUT2D eigenvalue weighted by molar-refractivity contribution is -0.124. The Hall–Kier alpha value is -1.62. The standard InChI is InChI=1S/C12H13FN2O2/c1-12-6-17-5-10(12)14-9-4-7(13)2-3-8(9)15-11(12)16/h2-4,10,14H,5-6H2,1H3,(H,15,16). The molecule has 0 spiro atoms.